The zero-order chi connectivity index (χ0) is 41.8. The number of anilines is 2. The molecule has 4 aromatic heterocycles. The van der Waals surface area contributed by atoms with Gasteiger partial charge in [-0.1, -0.05) is 0 Å². The molecular weight excluding hydrogens is 773 g/mol. The molecule has 0 bridgehead atoms. The number of hydrogen-bond acceptors (Lipinski definition) is 6. The van der Waals surface area contributed by atoms with Crippen molar-refractivity contribution in [2.75, 3.05) is 65.1 Å². The third-order valence-corrected chi connectivity index (χ3v) is 11.1. The zero-order valence-corrected chi connectivity index (χ0v) is 33.5. The quantitative estimate of drug-likeness (QED) is 0.0513. The number of nitrogens with one attached hydrogen (secondary N) is 6. The monoisotopic (exact) mass is 816 g/mol. The number of hydrogen-bond donors (Lipinski definition) is 7. The maximum atomic E-state index is 14.2. The zero-order valence-electron chi connectivity index (χ0n) is 33.5. The molecule has 6 aromatic carbocycles. The smallest absolute Gasteiger partial charge is 0.167 e. The van der Waals surface area contributed by atoms with Gasteiger partial charge < -0.3 is 50.7 Å². The van der Waals surface area contributed by atoms with Gasteiger partial charge in [0.1, 0.15) is 23.3 Å². The van der Waals surface area contributed by atoms with E-state index in [1.165, 1.54) is 48.5 Å². The van der Waals surface area contributed by atoms with E-state index >= 15 is 0 Å². The van der Waals surface area contributed by atoms with E-state index in [0.29, 0.717) is 24.6 Å². The van der Waals surface area contributed by atoms with E-state index in [-0.39, 0.29) is 23.3 Å². The minimum absolute atomic E-state index is 0.309. The van der Waals surface area contributed by atoms with Crippen LogP contribution in [-0.2, 0) is 0 Å². The van der Waals surface area contributed by atoms with Gasteiger partial charge in [0.25, 0.3) is 0 Å². The normalized spacial score (nSPS) is 12.0. The Hall–Kier alpha value is -6.64. The Morgan fingerprint density at radius 1 is 0.517 bits per heavy atom. The van der Waals surface area contributed by atoms with Gasteiger partial charge in [-0.2, -0.15) is 0 Å². The van der Waals surface area contributed by atoms with Gasteiger partial charge in [0.15, 0.2) is 11.5 Å². The minimum Gasteiger partial charge on any atom is -0.492 e. The van der Waals surface area contributed by atoms with Gasteiger partial charge >= 0.3 is 0 Å². The molecule has 0 aliphatic rings. The van der Waals surface area contributed by atoms with Crippen LogP contribution in [0.1, 0.15) is 12.8 Å². The highest BCUT2D eigenvalue weighted by Gasteiger charge is 2.24. The van der Waals surface area contributed by atoms with Crippen molar-refractivity contribution in [3.8, 4) is 11.5 Å². The molecule has 14 heteroatoms. The van der Waals surface area contributed by atoms with Gasteiger partial charge in [-0.05, 0) is 113 Å². The topological polar surface area (TPSA) is 135 Å². The first-order valence-corrected chi connectivity index (χ1v) is 19.8. The molecule has 10 aromatic rings. The van der Waals surface area contributed by atoms with E-state index in [0.717, 1.165) is 125 Å². The molecule has 8 N–H and O–H groups in total. The number of H-pyrrole nitrogens is 4. The van der Waals surface area contributed by atoms with Crippen LogP contribution in [0.25, 0.3) is 87.2 Å². The van der Waals surface area contributed by atoms with Gasteiger partial charge in [-0.25, -0.2) is 17.6 Å². The minimum atomic E-state index is -0.324. The highest BCUT2D eigenvalue weighted by atomic mass is 19.1. The predicted molar refractivity (Wildman–Crippen MR) is 237 cm³/mol. The maximum Gasteiger partial charge on any atom is 0.167 e. The summed E-state index contributed by atoms with van der Waals surface area (Å²) in [5.74, 6) is -0.0395. The lowest BCUT2D eigenvalue weighted by Crippen LogP contribution is -2.16. The molecule has 0 unspecified atom stereocenters. The Morgan fingerprint density at radius 2 is 0.833 bits per heavy atom. The number of rotatable bonds is 11. The Kier molecular flexibility index (Phi) is 10.0. The first kappa shape index (κ1) is 38.9. The van der Waals surface area contributed by atoms with Crippen LogP contribution in [0.3, 0.4) is 0 Å². The number of methoxy groups -OCH3 is 2. The maximum absolute atomic E-state index is 14.2. The second-order valence-corrected chi connectivity index (χ2v) is 15.2. The van der Waals surface area contributed by atoms with Crippen LogP contribution in [-0.4, -0.2) is 79.3 Å². The number of halogens is 4. The average molecular weight is 817 g/mol. The molecule has 0 radical (unpaired) electrons. The van der Waals surface area contributed by atoms with E-state index in [9.17, 15) is 17.6 Å². The van der Waals surface area contributed by atoms with Crippen LogP contribution in [0.5, 0.6) is 11.5 Å². The van der Waals surface area contributed by atoms with Crippen molar-refractivity contribution >= 4 is 98.6 Å². The summed E-state index contributed by atoms with van der Waals surface area (Å²) in [6, 6.07) is 18.6. The molecule has 0 saturated carbocycles. The van der Waals surface area contributed by atoms with Crippen molar-refractivity contribution in [3.63, 3.8) is 0 Å². The number of nitrogens with zero attached hydrogens (tertiary/aromatic N) is 1. The lowest BCUT2D eigenvalue weighted by atomic mass is 10.0. The number of aromatic nitrogens is 4. The highest BCUT2D eigenvalue weighted by Crippen LogP contribution is 2.48. The molecule has 4 heterocycles. The average Bonchev–Trinajstić information content (AvgIpc) is 3.99. The third kappa shape index (κ3) is 6.52. The molecule has 0 saturated heterocycles. The van der Waals surface area contributed by atoms with Crippen LogP contribution in [0, 0.1) is 23.3 Å². The van der Waals surface area contributed by atoms with E-state index in [1.807, 2.05) is 14.1 Å². The SMILES string of the molecule is COc1c2[nH]c3ccc(F)cc3c2c(NCCCN(C)C)c2c1[nH]c1ccc(F)cc12.COc1c2[nH]c3ccc(F)cc3c2c(NCCCN)c2c1[nH]c1ccc(F)cc12. The Bertz CT molecular complexity index is 3060. The van der Waals surface area contributed by atoms with Gasteiger partial charge in [0.2, 0.25) is 0 Å². The van der Waals surface area contributed by atoms with Crippen LogP contribution >= 0.6 is 0 Å². The van der Waals surface area contributed by atoms with Crippen molar-refractivity contribution in [2.24, 2.45) is 5.73 Å². The van der Waals surface area contributed by atoms with Gasteiger partial charge in [-0.15, -0.1) is 0 Å². The lowest BCUT2D eigenvalue weighted by molar-refractivity contribution is 0.405. The molecule has 0 aliphatic carbocycles. The summed E-state index contributed by atoms with van der Waals surface area (Å²) in [4.78, 5) is 15.6. The fourth-order valence-corrected chi connectivity index (χ4v) is 8.56. The van der Waals surface area contributed by atoms with E-state index in [2.05, 4.69) is 35.5 Å². The van der Waals surface area contributed by atoms with Crippen LogP contribution in [0.2, 0.25) is 0 Å². The summed E-state index contributed by atoms with van der Waals surface area (Å²) in [6.45, 7) is 2.83. The molecule has 0 amide bonds. The van der Waals surface area contributed by atoms with Crippen molar-refractivity contribution in [1.82, 2.24) is 24.8 Å². The Labute approximate surface area is 341 Å². The molecule has 60 heavy (non-hydrogen) atoms. The van der Waals surface area contributed by atoms with Crippen molar-refractivity contribution in [3.05, 3.63) is 96.1 Å². The van der Waals surface area contributed by atoms with Crippen molar-refractivity contribution in [1.29, 1.82) is 0 Å². The van der Waals surface area contributed by atoms with Crippen LogP contribution < -0.4 is 25.8 Å². The Balaban J connectivity index is 0.000000154. The molecule has 0 fully saturated rings. The summed E-state index contributed by atoms with van der Waals surface area (Å²) in [7, 11) is 7.27. The summed E-state index contributed by atoms with van der Waals surface area (Å²) in [5, 5.41) is 13.3. The van der Waals surface area contributed by atoms with E-state index in [4.69, 9.17) is 15.2 Å². The number of aromatic amines is 4. The standard InChI is InChI=1S/C24H24F2N4O.C22H20F2N4O/c1-30(2)10-4-9-27-21-19-15-11-13(25)5-7-17(15)28-22(19)24(31-3)23-20(21)16-12-14(26)6-8-18(16)29-23;1-29-22-20-17(13-9-11(23)3-5-15(13)27-20)19(26-8-2-7-25)18-14-10-12(24)4-6-16(14)28-21(18)22/h5-8,11-12,27-29H,4,9-10H2,1-3H3;3-6,9-10,26-28H,2,7-8,25H2,1H3. The number of fused-ring (bicyclic) bond motifs is 12. The van der Waals surface area contributed by atoms with E-state index in [1.54, 1.807) is 38.5 Å². The third-order valence-electron chi connectivity index (χ3n) is 11.1. The fraction of sp³-hybridized carbons (Fsp3) is 0.217. The highest BCUT2D eigenvalue weighted by molar-refractivity contribution is 6.30. The van der Waals surface area contributed by atoms with E-state index < -0.39 is 0 Å². The van der Waals surface area contributed by atoms with Gasteiger partial charge in [0, 0.05) is 78.2 Å². The van der Waals surface area contributed by atoms with Crippen LogP contribution in [0.4, 0.5) is 28.9 Å². The molecule has 0 aliphatic heterocycles. The first-order chi connectivity index (χ1) is 29.1. The lowest BCUT2D eigenvalue weighted by Gasteiger charge is -2.15. The van der Waals surface area contributed by atoms with Crippen molar-refractivity contribution in [2.45, 2.75) is 12.8 Å². The largest absolute Gasteiger partial charge is 0.492 e. The summed E-state index contributed by atoms with van der Waals surface area (Å²) in [5.41, 5.74) is 13.6. The molecular formula is C46H44F4N8O2. The predicted octanol–water partition coefficient (Wildman–Crippen LogP) is 10.6. The second-order valence-electron chi connectivity index (χ2n) is 15.2. The summed E-state index contributed by atoms with van der Waals surface area (Å²) in [6.07, 6.45) is 1.69. The van der Waals surface area contributed by atoms with Crippen LogP contribution in [0.15, 0.2) is 72.8 Å². The van der Waals surface area contributed by atoms with Crippen molar-refractivity contribution < 1.29 is 27.0 Å². The fourth-order valence-electron chi connectivity index (χ4n) is 8.56. The molecule has 10 rings (SSSR count). The molecule has 10 nitrogen and oxygen atoms in total. The molecule has 308 valence electrons. The summed E-state index contributed by atoms with van der Waals surface area (Å²) < 4.78 is 68.1. The summed E-state index contributed by atoms with van der Waals surface area (Å²) >= 11 is 0. The first-order valence-electron chi connectivity index (χ1n) is 19.8. The Morgan fingerprint density at radius 3 is 1.12 bits per heavy atom. The molecule has 0 atom stereocenters. The second kappa shape index (κ2) is 15.5. The van der Waals surface area contributed by atoms with Gasteiger partial charge in [-0.3, -0.25) is 0 Å². The van der Waals surface area contributed by atoms with Gasteiger partial charge in [0.05, 0.1) is 47.7 Å². The molecule has 0 spiro atoms. The number of ether oxygens (including phenoxy) is 2. The number of nitrogens with two attached hydrogens (primary N) is 1. The number of benzene rings is 6.